The topological polar surface area (TPSA) is 76.7 Å². The van der Waals surface area contributed by atoms with Gasteiger partial charge in [-0.1, -0.05) is 6.92 Å². The number of methoxy groups -OCH3 is 1. The summed E-state index contributed by atoms with van der Waals surface area (Å²) in [6.07, 6.45) is 0.867. The van der Waals surface area contributed by atoms with Crippen LogP contribution in [0, 0.1) is 0 Å². The molecule has 0 aliphatic carbocycles. The van der Waals surface area contributed by atoms with E-state index in [4.69, 9.17) is 9.47 Å². The van der Waals surface area contributed by atoms with E-state index < -0.39 is 0 Å². The standard InChI is InChI=1S/C21H25BrN2O4/c1-4-14(2)23-20(25)15-5-8-17(9-6-15)24-21(26)16-7-10-19(18(22)13-16)28-12-11-27-3/h5-10,13-14H,4,11-12H2,1-3H3,(H,23,25)(H,24,26). The minimum atomic E-state index is -0.249. The van der Waals surface area contributed by atoms with Gasteiger partial charge in [0.1, 0.15) is 12.4 Å². The fourth-order valence-electron chi connectivity index (χ4n) is 2.31. The number of anilines is 1. The summed E-state index contributed by atoms with van der Waals surface area (Å²) in [5.41, 5.74) is 1.66. The second-order valence-electron chi connectivity index (χ2n) is 6.30. The molecule has 0 heterocycles. The molecule has 0 spiro atoms. The molecule has 0 saturated heterocycles. The van der Waals surface area contributed by atoms with Gasteiger partial charge < -0.3 is 20.1 Å². The van der Waals surface area contributed by atoms with Crippen LogP contribution in [0.3, 0.4) is 0 Å². The molecule has 2 rings (SSSR count). The van der Waals surface area contributed by atoms with Gasteiger partial charge in [-0.2, -0.15) is 0 Å². The average Bonchev–Trinajstić information content (AvgIpc) is 2.69. The summed E-state index contributed by atoms with van der Waals surface area (Å²) in [6, 6.07) is 12.0. The third kappa shape index (κ3) is 6.35. The van der Waals surface area contributed by atoms with E-state index in [-0.39, 0.29) is 17.9 Å². The van der Waals surface area contributed by atoms with Crippen molar-refractivity contribution in [1.82, 2.24) is 5.32 Å². The fourth-order valence-corrected chi connectivity index (χ4v) is 2.80. The van der Waals surface area contributed by atoms with Gasteiger partial charge in [0.2, 0.25) is 0 Å². The first-order valence-corrected chi connectivity index (χ1v) is 9.87. The molecule has 0 aliphatic heterocycles. The lowest BCUT2D eigenvalue weighted by Crippen LogP contribution is -2.31. The van der Waals surface area contributed by atoms with E-state index in [1.807, 2.05) is 13.8 Å². The molecule has 0 aromatic heterocycles. The van der Waals surface area contributed by atoms with Gasteiger partial charge in [0.15, 0.2) is 0 Å². The van der Waals surface area contributed by atoms with Crippen LogP contribution in [0.5, 0.6) is 5.75 Å². The van der Waals surface area contributed by atoms with Gasteiger partial charge in [0.05, 0.1) is 11.1 Å². The van der Waals surface area contributed by atoms with Crippen molar-refractivity contribution >= 4 is 33.4 Å². The smallest absolute Gasteiger partial charge is 0.255 e. The Hall–Kier alpha value is -2.38. The van der Waals surface area contributed by atoms with Gasteiger partial charge in [0, 0.05) is 30.0 Å². The lowest BCUT2D eigenvalue weighted by atomic mass is 10.1. The van der Waals surface area contributed by atoms with Crippen molar-refractivity contribution < 1.29 is 19.1 Å². The summed E-state index contributed by atoms with van der Waals surface area (Å²) in [7, 11) is 1.61. The highest BCUT2D eigenvalue weighted by molar-refractivity contribution is 9.10. The van der Waals surface area contributed by atoms with Crippen molar-refractivity contribution in [3.63, 3.8) is 0 Å². The number of amides is 2. The van der Waals surface area contributed by atoms with E-state index in [1.54, 1.807) is 49.6 Å². The minimum Gasteiger partial charge on any atom is -0.490 e. The Balaban J connectivity index is 1.98. The minimum absolute atomic E-state index is 0.117. The van der Waals surface area contributed by atoms with Gasteiger partial charge in [0.25, 0.3) is 11.8 Å². The molecule has 0 fully saturated rings. The molecule has 1 unspecified atom stereocenters. The van der Waals surface area contributed by atoms with Crippen molar-refractivity contribution in [3.8, 4) is 5.75 Å². The molecule has 1 atom stereocenters. The van der Waals surface area contributed by atoms with Gasteiger partial charge in [-0.15, -0.1) is 0 Å². The predicted octanol–water partition coefficient (Wildman–Crippen LogP) is 4.25. The SMILES string of the molecule is CCC(C)NC(=O)c1ccc(NC(=O)c2ccc(OCCOC)c(Br)c2)cc1. The number of ether oxygens (including phenoxy) is 2. The lowest BCUT2D eigenvalue weighted by Gasteiger charge is -2.12. The van der Waals surface area contributed by atoms with E-state index in [9.17, 15) is 9.59 Å². The predicted molar refractivity (Wildman–Crippen MR) is 113 cm³/mol. The maximum absolute atomic E-state index is 12.5. The zero-order valence-electron chi connectivity index (χ0n) is 16.3. The van der Waals surface area contributed by atoms with Crippen LogP contribution in [-0.2, 0) is 4.74 Å². The van der Waals surface area contributed by atoms with Crippen LogP contribution in [0.15, 0.2) is 46.9 Å². The molecule has 0 aliphatic rings. The van der Waals surface area contributed by atoms with Crippen LogP contribution in [-0.4, -0.2) is 38.2 Å². The van der Waals surface area contributed by atoms with E-state index in [2.05, 4.69) is 26.6 Å². The number of carbonyl (C=O) groups is 2. The molecule has 6 nitrogen and oxygen atoms in total. The highest BCUT2D eigenvalue weighted by atomic mass is 79.9. The van der Waals surface area contributed by atoms with E-state index in [0.29, 0.717) is 40.3 Å². The number of carbonyl (C=O) groups excluding carboxylic acids is 2. The normalized spacial score (nSPS) is 11.6. The molecule has 2 aromatic carbocycles. The average molecular weight is 449 g/mol. The molecule has 0 saturated carbocycles. The third-order valence-corrected chi connectivity index (χ3v) is 4.75. The first-order chi connectivity index (χ1) is 13.4. The van der Waals surface area contributed by atoms with Crippen molar-refractivity contribution in [1.29, 1.82) is 0 Å². The molecule has 2 aromatic rings. The third-order valence-electron chi connectivity index (χ3n) is 4.13. The zero-order chi connectivity index (χ0) is 20.5. The van der Waals surface area contributed by atoms with Gasteiger partial charge in [-0.3, -0.25) is 9.59 Å². The number of hydrogen-bond acceptors (Lipinski definition) is 4. The van der Waals surface area contributed by atoms with Gasteiger partial charge >= 0.3 is 0 Å². The maximum Gasteiger partial charge on any atom is 0.255 e. The van der Waals surface area contributed by atoms with Crippen LogP contribution >= 0.6 is 15.9 Å². The molecule has 0 bridgehead atoms. The quantitative estimate of drug-likeness (QED) is 0.561. The van der Waals surface area contributed by atoms with E-state index in [1.165, 1.54) is 0 Å². The Morgan fingerprint density at radius 1 is 1.04 bits per heavy atom. The molecule has 0 radical (unpaired) electrons. The Kier molecular flexibility index (Phi) is 8.47. The van der Waals surface area contributed by atoms with Crippen molar-refractivity contribution in [2.24, 2.45) is 0 Å². The summed E-state index contributed by atoms with van der Waals surface area (Å²) >= 11 is 3.41. The fraction of sp³-hybridized carbons (Fsp3) is 0.333. The van der Waals surface area contributed by atoms with E-state index >= 15 is 0 Å². The summed E-state index contributed by atoms with van der Waals surface area (Å²) in [4.78, 5) is 24.6. The second-order valence-corrected chi connectivity index (χ2v) is 7.16. The lowest BCUT2D eigenvalue weighted by molar-refractivity contribution is 0.0938. The van der Waals surface area contributed by atoms with Crippen LogP contribution in [0.1, 0.15) is 41.0 Å². The van der Waals surface area contributed by atoms with Crippen LogP contribution in [0.25, 0.3) is 0 Å². The first-order valence-electron chi connectivity index (χ1n) is 9.08. The largest absolute Gasteiger partial charge is 0.490 e. The summed E-state index contributed by atoms with van der Waals surface area (Å²) < 4.78 is 11.2. The number of benzene rings is 2. The Bertz CT molecular complexity index is 809. The number of hydrogen-bond donors (Lipinski definition) is 2. The molecule has 7 heteroatoms. The summed E-state index contributed by atoms with van der Waals surface area (Å²) in [6.45, 7) is 4.89. The maximum atomic E-state index is 12.5. The first kappa shape index (κ1) is 21.9. The number of nitrogens with one attached hydrogen (secondary N) is 2. The summed E-state index contributed by atoms with van der Waals surface area (Å²) in [5, 5.41) is 5.73. The molecule has 2 amide bonds. The van der Waals surface area contributed by atoms with Gasteiger partial charge in [-0.05, 0) is 71.7 Å². The van der Waals surface area contributed by atoms with Crippen molar-refractivity contribution in [2.45, 2.75) is 26.3 Å². The monoisotopic (exact) mass is 448 g/mol. The van der Waals surface area contributed by atoms with E-state index in [0.717, 1.165) is 6.42 Å². The van der Waals surface area contributed by atoms with Crippen molar-refractivity contribution in [2.75, 3.05) is 25.6 Å². The van der Waals surface area contributed by atoms with Crippen LogP contribution < -0.4 is 15.4 Å². The number of rotatable bonds is 9. The molecular formula is C21H25BrN2O4. The Morgan fingerprint density at radius 2 is 1.71 bits per heavy atom. The van der Waals surface area contributed by atoms with Crippen molar-refractivity contribution in [3.05, 3.63) is 58.1 Å². The Labute approximate surface area is 173 Å². The highest BCUT2D eigenvalue weighted by Gasteiger charge is 2.11. The molecule has 150 valence electrons. The zero-order valence-corrected chi connectivity index (χ0v) is 17.8. The molecule has 2 N–H and O–H groups in total. The van der Waals surface area contributed by atoms with Crippen LogP contribution in [0.4, 0.5) is 5.69 Å². The van der Waals surface area contributed by atoms with Crippen LogP contribution in [0.2, 0.25) is 0 Å². The Morgan fingerprint density at radius 3 is 2.32 bits per heavy atom. The number of halogens is 1. The summed E-state index contributed by atoms with van der Waals surface area (Å²) in [5.74, 6) is 0.270. The van der Waals surface area contributed by atoms with Gasteiger partial charge in [-0.25, -0.2) is 0 Å². The highest BCUT2D eigenvalue weighted by Crippen LogP contribution is 2.26. The molecule has 28 heavy (non-hydrogen) atoms. The molecular weight excluding hydrogens is 424 g/mol. The second kappa shape index (κ2) is 10.8.